The van der Waals surface area contributed by atoms with E-state index >= 15 is 0 Å². The third-order valence-corrected chi connectivity index (χ3v) is 12.2. The van der Waals surface area contributed by atoms with Crippen molar-refractivity contribution in [2.24, 2.45) is 0 Å². The average molecular weight is 881 g/mol. The molecule has 0 aromatic heterocycles. The van der Waals surface area contributed by atoms with Gasteiger partial charge in [0.1, 0.15) is 0 Å². The molecule has 296 valence electrons. The van der Waals surface area contributed by atoms with Crippen LogP contribution >= 0.6 is 24.8 Å². The quantitative estimate of drug-likeness (QED) is 0.155. The Balaban J connectivity index is 0.000000268. The fourth-order valence-electron chi connectivity index (χ4n) is 7.49. The molecule has 0 saturated carbocycles. The zero-order valence-electron chi connectivity index (χ0n) is 35.9. The molecule has 7 aromatic rings. The van der Waals surface area contributed by atoms with Gasteiger partial charge in [-0.2, -0.15) is 6.08 Å². The van der Waals surface area contributed by atoms with Crippen molar-refractivity contribution in [2.45, 2.75) is 86.5 Å². The summed E-state index contributed by atoms with van der Waals surface area (Å²) in [5.74, 6) is 0. The maximum absolute atomic E-state index is 2.99. The third-order valence-electron chi connectivity index (χ3n) is 10.7. The Kier molecular flexibility index (Phi) is 16.0. The topological polar surface area (TPSA) is 0 Å². The second-order valence-electron chi connectivity index (χ2n) is 17.4. The summed E-state index contributed by atoms with van der Waals surface area (Å²) in [7, 11) is 0. The molecule has 58 heavy (non-hydrogen) atoms. The minimum atomic E-state index is 0. The first-order valence-corrected chi connectivity index (χ1v) is 21.1. The van der Waals surface area contributed by atoms with Crippen LogP contribution in [-0.4, -0.2) is 3.21 Å². The van der Waals surface area contributed by atoms with E-state index in [-0.39, 0.29) is 35.6 Å². The van der Waals surface area contributed by atoms with Gasteiger partial charge in [-0.1, -0.05) is 102 Å². The summed E-state index contributed by atoms with van der Waals surface area (Å²) in [4.78, 5) is 0. The van der Waals surface area contributed by atoms with Gasteiger partial charge in [-0.05, 0) is 69.2 Å². The number of rotatable bonds is 4. The number of halogens is 2. The number of aryl methyl sites for hydroxylation is 4. The van der Waals surface area contributed by atoms with Crippen LogP contribution in [0.5, 0.6) is 0 Å². The molecule has 0 atom stereocenters. The van der Waals surface area contributed by atoms with E-state index in [0.717, 1.165) is 6.42 Å². The Bertz CT molecular complexity index is 2370. The van der Waals surface area contributed by atoms with Crippen LogP contribution in [0.3, 0.4) is 0 Å². The van der Waals surface area contributed by atoms with Crippen LogP contribution < -0.4 is 0 Å². The fraction of sp³-hybridized carbons (Fsp3) is 0.236. The summed E-state index contributed by atoms with van der Waals surface area (Å²) in [6, 6.07) is 47.3. The van der Waals surface area contributed by atoms with Gasteiger partial charge in [0.2, 0.25) is 0 Å². The summed E-state index contributed by atoms with van der Waals surface area (Å²) in [6.45, 7) is 22.7. The molecule has 1 aliphatic rings. The molecule has 0 fully saturated rings. The molecule has 0 saturated heterocycles. The molecule has 1 aliphatic carbocycles. The van der Waals surface area contributed by atoms with E-state index < -0.39 is 0 Å². The van der Waals surface area contributed by atoms with Crippen molar-refractivity contribution in [1.82, 2.24) is 0 Å². The van der Waals surface area contributed by atoms with E-state index in [1.165, 1.54) is 116 Å². The first-order valence-electron chi connectivity index (χ1n) is 19.9. The number of hydrogen-bond donors (Lipinski definition) is 0. The van der Waals surface area contributed by atoms with Crippen LogP contribution in [-0.2, 0) is 35.1 Å². The summed E-state index contributed by atoms with van der Waals surface area (Å²) in [6.07, 6.45) is 10.0. The zero-order valence-corrected chi connectivity index (χ0v) is 40.0. The average Bonchev–Trinajstić information content (AvgIpc) is 3.86. The SMILES string of the molecule is Cc1ccc([C](=[Zr+2])c2ccc(C)cc2)cc1.Cc1ccccc1-c1cc2[cH-]c3cc(-c4ccccc4C)c(C(C)(C)C)cc3c2cc1C(C)(C)C.Cl.Cl.[C-]1=CC=CC1. The van der Waals surface area contributed by atoms with Crippen LogP contribution in [0.1, 0.15) is 92.5 Å². The summed E-state index contributed by atoms with van der Waals surface area (Å²) in [5, 5.41) is 5.38. The molecule has 0 nitrogen and oxygen atoms in total. The second-order valence-corrected chi connectivity index (χ2v) is 18.6. The monoisotopic (exact) mass is 878 g/mol. The van der Waals surface area contributed by atoms with Gasteiger partial charge in [-0.3, -0.25) is 6.08 Å². The molecular formula is C55H58Cl2Zr. The molecule has 0 spiro atoms. The van der Waals surface area contributed by atoms with Gasteiger partial charge >= 0.3 is 112 Å². The van der Waals surface area contributed by atoms with Crippen molar-refractivity contribution in [2.75, 3.05) is 0 Å². The predicted molar refractivity (Wildman–Crippen MR) is 256 cm³/mol. The van der Waals surface area contributed by atoms with E-state index in [0.29, 0.717) is 0 Å². The van der Waals surface area contributed by atoms with Gasteiger partial charge in [-0.15, -0.1) is 71.0 Å². The molecule has 0 heterocycles. The summed E-state index contributed by atoms with van der Waals surface area (Å²) < 4.78 is 1.42. The molecule has 0 bridgehead atoms. The van der Waals surface area contributed by atoms with Crippen LogP contribution in [0.25, 0.3) is 43.8 Å². The maximum Gasteiger partial charge on any atom is -0.0139 e. The predicted octanol–water partition coefficient (Wildman–Crippen LogP) is 15.8. The normalized spacial score (nSPS) is 11.9. The number of fused-ring (bicyclic) bond motifs is 3. The van der Waals surface area contributed by atoms with E-state index in [9.17, 15) is 0 Å². The van der Waals surface area contributed by atoms with Crippen LogP contribution in [0.4, 0.5) is 0 Å². The van der Waals surface area contributed by atoms with Gasteiger partial charge in [0.15, 0.2) is 0 Å². The Hall–Kier alpha value is -4.00. The fourth-order valence-corrected chi connectivity index (χ4v) is 8.31. The first-order chi connectivity index (χ1) is 26.6. The van der Waals surface area contributed by atoms with Gasteiger partial charge in [0, 0.05) is 0 Å². The van der Waals surface area contributed by atoms with Crippen molar-refractivity contribution >= 4 is 49.6 Å². The van der Waals surface area contributed by atoms with Gasteiger partial charge in [0.05, 0.1) is 0 Å². The standard InChI is InChI=1S/C35H37.C15H14.C5H5.2ClH.Zr/c1-22-13-9-11-15-26(22)30-18-24-17-25-19-31(27-16-12-10-14-23(27)2)33(35(6,7)8)21-29(25)28(24)20-32(30)34(3,4)5;1-12-3-7-14(8-4-12)11-15-9-5-13(2)6-10-15;1-2-4-5-3-1;;;/h9-21H,1-8H3;3-10H,1-2H3;1-3H,4H2;2*1H;/q-1;;-1;;;+2. The molecule has 0 radical (unpaired) electrons. The Morgan fingerprint density at radius 2 is 0.931 bits per heavy atom. The molecule has 0 N–H and O–H groups in total. The summed E-state index contributed by atoms with van der Waals surface area (Å²) in [5.41, 5.74) is 16.2. The zero-order chi connectivity index (χ0) is 40.2. The van der Waals surface area contributed by atoms with Gasteiger partial charge in [0.25, 0.3) is 0 Å². The van der Waals surface area contributed by atoms with E-state index in [2.05, 4.69) is 209 Å². The van der Waals surface area contributed by atoms with E-state index in [1.807, 2.05) is 12.2 Å². The van der Waals surface area contributed by atoms with Crippen molar-refractivity contribution < 1.29 is 24.2 Å². The van der Waals surface area contributed by atoms with Crippen molar-refractivity contribution in [3.8, 4) is 22.3 Å². The number of hydrogen-bond acceptors (Lipinski definition) is 0. The first kappa shape index (κ1) is 46.7. The Morgan fingerprint density at radius 1 is 0.534 bits per heavy atom. The molecule has 3 heteroatoms. The third kappa shape index (κ3) is 11.0. The van der Waals surface area contributed by atoms with Gasteiger partial charge in [-0.25, -0.2) is 12.2 Å². The van der Waals surface area contributed by atoms with Crippen molar-refractivity contribution in [3.63, 3.8) is 0 Å². The van der Waals surface area contributed by atoms with Crippen LogP contribution in [0.15, 0.2) is 146 Å². The minimum absolute atomic E-state index is 0. The Labute approximate surface area is 376 Å². The summed E-state index contributed by atoms with van der Waals surface area (Å²) >= 11 is 1.46. The Morgan fingerprint density at radius 3 is 1.24 bits per heavy atom. The van der Waals surface area contributed by atoms with Crippen LogP contribution in [0, 0.1) is 33.8 Å². The smallest absolute Gasteiger partial charge is 0.0139 e. The largest absolute Gasteiger partial charge is 0.273 e. The second kappa shape index (κ2) is 19.8. The van der Waals surface area contributed by atoms with Crippen molar-refractivity contribution in [3.05, 3.63) is 196 Å². The van der Waals surface area contributed by atoms with Gasteiger partial charge < -0.3 is 0 Å². The van der Waals surface area contributed by atoms with Crippen LogP contribution in [0.2, 0.25) is 0 Å². The number of allylic oxidation sites excluding steroid dienone is 4. The maximum atomic E-state index is 2.99. The molecule has 0 aliphatic heterocycles. The van der Waals surface area contributed by atoms with E-state index in [4.69, 9.17) is 0 Å². The molecular weight excluding hydrogens is 823 g/mol. The molecule has 0 unspecified atom stereocenters. The molecule has 0 amide bonds. The van der Waals surface area contributed by atoms with Crippen molar-refractivity contribution in [1.29, 1.82) is 0 Å². The van der Waals surface area contributed by atoms with E-state index in [1.54, 1.807) is 0 Å². The number of benzene rings is 6. The minimum Gasteiger partial charge on any atom is -0.273 e. The molecule has 8 rings (SSSR count). The molecule has 7 aromatic carbocycles.